The molecule has 2 heterocycles. The predicted molar refractivity (Wildman–Crippen MR) is 235 cm³/mol. The number of hydrogen-bond acceptors (Lipinski definition) is 15. The Kier molecular flexibility index (Phi) is 15.3. The lowest BCUT2D eigenvalue weighted by Gasteiger charge is -2.24. The number of nitrogens with zero attached hydrogens (tertiary/aromatic N) is 2. The molecule has 8 nitrogen and oxygen atoms in total. The van der Waals surface area contributed by atoms with E-state index in [1.54, 1.807) is 116 Å². The van der Waals surface area contributed by atoms with Crippen LogP contribution in [0, 0.1) is 0 Å². The van der Waals surface area contributed by atoms with Crippen LogP contribution >= 0.6 is 73.7 Å². The minimum absolute atomic E-state index is 0.665. The third-order valence-electron chi connectivity index (χ3n) is 8.81. The fraction of sp³-hybridized carbons (Fsp3) is 0.278. The van der Waals surface area contributed by atoms with E-state index in [-0.39, 0.29) is 0 Å². The number of para-hydroxylation sites is 2. The second-order valence-corrected chi connectivity index (χ2v) is 27.3. The Balaban J connectivity index is 1.21. The SMILES string of the molecule is CO[Si](CCc1cccc(SSSSSc2cccc(CC[Si](OC)(OC)OC)c2-c2nc3ccccc3s2)c1-c1nc2ccccc2s1)(OC)OC. The largest absolute Gasteiger partial charge is 0.500 e. The Morgan fingerprint density at radius 3 is 1.26 bits per heavy atom. The Morgan fingerprint density at radius 1 is 0.491 bits per heavy atom. The summed E-state index contributed by atoms with van der Waals surface area (Å²) in [7, 11) is 13.2. The van der Waals surface area contributed by atoms with E-state index >= 15 is 0 Å². The molecule has 0 unspecified atom stereocenters. The van der Waals surface area contributed by atoms with Gasteiger partial charge in [0.1, 0.15) is 10.0 Å². The molecular formula is C36H40N2O6S7Si2. The molecule has 0 saturated heterocycles. The summed E-state index contributed by atoms with van der Waals surface area (Å²) in [6, 6.07) is 30.9. The number of rotatable bonds is 20. The smallest absolute Gasteiger partial charge is 0.377 e. The van der Waals surface area contributed by atoms with Crippen molar-refractivity contribution in [2.45, 2.75) is 34.7 Å². The maximum Gasteiger partial charge on any atom is 0.500 e. The monoisotopic (exact) mass is 876 g/mol. The minimum Gasteiger partial charge on any atom is -0.377 e. The number of thiazole rings is 2. The number of fused-ring (bicyclic) bond motifs is 2. The lowest BCUT2D eigenvalue weighted by atomic mass is 10.1. The van der Waals surface area contributed by atoms with Crippen molar-refractivity contribution < 1.29 is 26.6 Å². The molecule has 0 atom stereocenters. The average Bonchev–Trinajstić information content (AvgIpc) is 3.84. The van der Waals surface area contributed by atoms with E-state index in [2.05, 4.69) is 72.8 Å². The summed E-state index contributed by atoms with van der Waals surface area (Å²) in [6.45, 7) is 0. The Hall–Kier alpha value is -1.40. The summed E-state index contributed by atoms with van der Waals surface area (Å²) < 4.78 is 36.9. The van der Waals surface area contributed by atoms with Crippen LogP contribution in [0.1, 0.15) is 11.1 Å². The molecule has 4 aromatic carbocycles. The lowest BCUT2D eigenvalue weighted by Crippen LogP contribution is -2.43. The highest BCUT2D eigenvalue weighted by Gasteiger charge is 2.38. The van der Waals surface area contributed by atoms with Gasteiger partial charge in [-0.15, -0.1) is 22.7 Å². The van der Waals surface area contributed by atoms with Crippen LogP contribution in [0.2, 0.25) is 12.1 Å². The number of aromatic nitrogens is 2. The maximum atomic E-state index is 5.76. The van der Waals surface area contributed by atoms with Gasteiger partial charge in [0, 0.05) is 75.7 Å². The van der Waals surface area contributed by atoms with Crippen LogP contribution in [0.15, 0.2) is 94.7 Å². The highest BCUT2D eigenvalue weighted by atomic mass is 33.8. The standard InChI is InChI=1S/C36H40N2O6S7Si2/c1-39-52(40-2,41-3)23-21-25-13-11-19-31(33(25)35-37-27-15-7-9-17-29(27)45-35)47-49-51-50-48-32-20-12-14-26(22-24-53(42-4,43-5)44-6)34(32)36-38-28-16-8-10-18-30(28)46-36/h7-20H,21-24H2,1-6H3. The molecule has 17 heteroatoms. The van der Waals surface area contributed by atoms with E-state index in [4.69, 9.17) is 36.5 Å². The number of benzene rings is 4. The molecular weight excluding hydrogens is 837 g/mol. The third kappa shape index (κ3) is 9.77. The minimum atomic E-state index is -2.77. The zero-order valence-electron chi connectivity index (χ0n) is 30.1. The van der Waals surface area contributed by atoms with E-state index in [0.717, 1.165) is 45.0 Å². The normalized spacial score (nSPS) is 12.3. The van der Waals surface area contributed by atoms with Gasteiger partial charge >= 0.3 is 17.6 Å². The van der Waals surface area contributed by atoms with Gasteiger partial charge in [-0.2, -0.15) is 0 Å². The Morgan fingerprint density at radius 2 is 0.887 bits per heavy atom. The molecule has 0 spiro atoms. The van der Waals surface area contributed by atoms with Crippen LogP contribution in [-0.2, 0) is 39.4 Å². The number of hydrogen-bond donors (Lipinski definition) is 0. The Bertz CT molecular complexity index is 1880. The number of aryl methyl sites for hydroxylation is 2. The molecule has 2 aromatic heterocycles. The molecule has 0 fully saturated rings. The fourth-order valence-electron chi connectivity index (χ4n) is 5.95. The Labute approximate surface area is 340 Å². The van der Waals surface area contributed by atoms with Gasteiger partial charge in [0.2, 0.25) is 0 Å². The molecule has 0 aliphatic rings. The zero-order valence-corrected chi connectivity index (χ0v) is 37.8. The first-order chi connectivity index (χ1) is 25.9. The third-order valence-corrected chi connectivity index (χ3v) is 24.7. The fourth-order valence-corrected chi connectivity index (χ4v) is 20.2. The van der Waals surface area contributed by atoms with Gasteiger partial charge in [0.15, 0.2) is 0 Å². The van der Waals surface area contributed by atoms with Gasteiger partial charge < -0.3 is 26.6 Å². The van der Waals surface area contributed by atoms with Crippen molar-refractivity contribution in [1.82, 2.24) is 9.97 Å². The van der Waals surface area contributed by atoms with Gasteiger partial charge in [-0.1, -0.05) is 48.5 Å². The summed E-state index contributed by atoms with van der Waals surface area (Å²) in [4.78, 5) is 12.5. The van der Waals surface area contributed by atoms with Crippen molar-refractivity contribution in [3.8, 4) is 21.1 Å². The van der Waals surface area contributed by atoms with Crippen molar-refractivity contribution in [2.24, 2.45) is 0 Å². The molecule has 0 radical (unpaired) electrons. The summed E-state index contributed by atoms with van der Waals surface area (Å²) in [5, 5.41) is 2.02. The van der Waals surface area contributed by atoms with Crippen molar-refractivity contribution in [1.29, 1.82) is 0 Å². The van der Waals surface area contributed by atoms with Crippen molar-refractivity contribution >= 4 is 112 Å². The average molecular weight is 877 g/mol. The molecule has 0 aliphatic heterocycles. The quantitative estimate of drug-likeness (QED) is 0.0415. The van der Waals surface area contributed by atoms with E-state index in [0.29, 0.717) is 12.1 Å². The van der Waals surface area contributed by atoms with E-state index in [1.807, 2.05) is 12.1 Å². The van der Waals surface area contributed by atoms with Gasteiger partial charge in [0.05, 0.1) is 20.4 Å². The van der Waals surface area contributed by atoms with Gasteiger partial charge in [0.25, 0.3) is 0 Å². The molecule has 0 aliphatic carbocycles. The van der Waals surface area contributed by atoms with Gasteiger partial charge in [-0.05, 0) is 111 Å². The van der Waals surface area contributed by atoms with Crippen LogP contribution in [-0.4, -0.2) is 70.2 Å². The molecule has 0 bridgehead atoms. The van der Waals surface area contributed by atoms with Gasteiger partial charge in [-0.25, -0.2) is 9.97 Å². The van der Waals surface area contributed by atoms with Crippen LogP contribution in [0.5, 0.6) is 0 Å². The van der Waals surface area contributed by atoms with E-state index in [1.165, 1.54) is 30.3 Å². The zero-order chi connectivity index (χ0) is 37.3. The first-order valence-corrected chi connectivity index (χ1v) is 28.2. The second-order valence-electron chi connectivity index (χ2n) is 11.5. The summed E-state index contributed by atoms with van der Waals surface area (Å²) in [6.07, 6.45) is 1.49. The van der Waals surface area contributed by atoms with E-state index in [9.17, 15) is 0 Å². The van der Waals surface area contributed by atoms with Crippen LogP contribution in [0.3, 0.4) is 0 Å². The first-order valence-electron chi connectivity index (χ1n) is 16.5. The van der Waals surface area contributed by atoms with Crippen LogP contribution in [0.25, 0.3) is 41.6 Å². The molecule has 0 amide bonds. The lowest BCUT2D eigenvalue weighted by molar-refractivity contribution is 0.123. The molecule has 0 saturated carbocycles. The van der Waals surface area contributed by atoms with Crippen molar-refractivity contribution in [3.63, 3.8) is 0 Å². The molecule has 6 rings (SSSR count). The molecule has 280 valence electrons. The summed E-state index contributed by atoms with van der Waals surface area (Å²) in [5.74, 6) is 0. The van der Waals surface area contributed by atoms with Gasteiger partial charge in [-0.3, -0.25) is 0 Å². The topological polar surface area (TPSA) is 81.2 Å². The van der Waals surface area contributed by atoms with Crippen molar-refractivity contribution in [2.75, 3.05) is 42.7 Å². The molecule has 53 heavy (non-hydrogen) atoms. The molecule has 6 aromatic rings. The molecule has 0 N–H and O–H groups in total. The first kappa shape index (κ1) is 41.2. The highest BCUT2D eigenvalue weighted by Crippen LogP contribution is 2.56. The summed E-state index contributed by atoms with van der Waals surface area (Å²) in [5.41, 5.74) is 6.72. The second kappa shape index (κ2) is 19.6. The van der Waals surface area contributed by atoms with Crippen molar-refractivity contribution in [3.05, 3.63) is 96.1 Å². The predicted octanol–water partition coefficient (Wildman–Crippen LogP) is 11.8. The maximum absolute atomic E-state index is 5.76. The summed E-state index contributed by atoms with van der Waals surface area (Å²) >= 11 is 3.45. The highest BCUT2D eigenvalue weighted by molar-refractivity contribution is 9.35. The van der Waals surface area contributed by atoms with Crippen LogP contribution in [0.4, 0.5) is 0 Å². The van der Waals surface area contributed by atoms with Crippen LogP contribution < -0.4 is 0 Å². The van der Waals surface area contributed by atoms with E-state index < -0.39 is 17.6 Å².